The highest BCUT2D eigenvalue weighted by molar-refractivity contribution is 5.85. The monoisotopic (exact) mass is 310 g/mol. The molecule has 2 aromatic rings. The molecule has 114 valence electrons. The van der Waals surface area contributed by atoms with Crippen molar-refractivity contribution in [2.75, 3.05) is 13.1 Å². The van der Waals surface area contributed by atoms with Crippen molar-refractivity contribution in [3.63, 3.8) is 0 Å². The lowest BCUT2D eigenvalue weighted by atomic mass is 10.3. The van der Waals surface area contributed by atoms with Gasteiger partial charge in [-0.2, -0.15) is 0 Å². The maximum Gasteiger partial charge on any atom is 0.317 e. The third-order valence-electron chi connectivity index (χ3n) is 2.85. The summed E-state index contributed by atoms with van der Waals surface area (Å²) in [6, 6.07) is 9.70. The molecule has 0 fully saturated rings. The molecular weight excluding hydrogens is 292 g/mol. The van der Waals surface area contributed by atoms with Gasteiger partial charge in [0.05, 0.1) is 24.1 Å². The standard InChI is InChI=1S/C14H18N4O2.ClH/c1-2-8-17(11-14(19)20)9-12-10-18(16-15-12)13-6-4-3-5-7-13;/h3-7,10H,2,8-9,11H2,1H3,(H,19,20);1H. The molecule has 6 nitrogen and oxygen atoms in total. The summed E-state index contributed by atoms with van der Waals surface area (Å²) in [5.74, 6) is -0.825. The number of hydrogen-bond acceptors (Lipinski definition) is 4. The van der Waals surface area contributed by atoms with E-state index in [1.54, 1.807) is 4.68 Å². The molecule has 21 heavy (non-hydrogen) atoms. The molecule has 7 heteroatoms. The lowest BCUT2D eigenvalue weighted by Gasteiger charge is -2.17. The SMILES string of the molecule is CCCN(CC(=O)O)Cc1cn(-c2ccccc2)nn1.Cl. The normalized spacial score (nSPS) is 10.4. The van der Waals surface area contributed by atoms with Crippen LogP contribution in [0, 0.1) is 0 Å². The van der Waals surface area contributed by atoms with Crippen molar-refractivity contribution in [3.8, 4) is 5.69 Å². The molecule has 1 heterocycles. The number of aromatic nitrogens is 3. The van der Waals surface area contributed by atoms with E-state index < -0.39 is 5.97 Å². The number of nitrogens with zero attached hydrogens (tertiary/aromatic N) is 4. The first-order chi connectivity index (χ1) is 9.69. The fraction of sp³-hybridized carbons (Fsp3) is 0.357. The number of carbonyl (C=O) groups is 1. The van der Waals surface area contributed by atoms with Gasteiger partial charge in [0.1, 0.15) is 0 Å². The van der Waals surface area contributed by atoms with Gasteiger partial charge < -0.3 is 5.11 Å². The summed E-state index contributed by atoms with van der Waals surface area (Å²) in [6.07, 6.45) is 2.74. The van der Waals surface area contributed by atoms with Crippen molar-refractivity contribution in [2.24, 2.45) is 0 Å². The Balaban J connectivity index is 0.00000220. The van der Waals surface area contributed by atoms with Gasteiger partial charge in [0.15, 0.2) is 0 Å². The summed E-state index contributed by atoms with van der Waals surface area (Å²) in [5, 5.41) is 17.1. The highest BCUT2D eigenvalue weighted by Gasteiger charge is 2.12. The van der Waals surface area contributed by atoms with Crippen molar-refractivity contribution >= 4 is 18.4 Å². The van der Waals surface area contributed by atoms with Crippen LogP contribution < -0.4 is 0 Å². The Morgan fingerprint density at radius 3 is 2.67 bits per heavy atom. The maximum atomic E-state index is 10.8. The zero-order chi connectivity index (χ0) is 14.4. The molecule has 1 N–H and O–H groups in total. The highest BCUT2D eigenvalue weighted by Crippen LogP contribution is 2.07. The molecule has 0 atom stereocenters. The summed E-state index contributed by atoms with van der Waals surface area (Å²) in [5.41, 5.74) is 1.70. The van der Waals surface area contributed by atoms with Crippen LogP contribution in [0.3, 0.4) is 0 Å². The van der Waals surface area contributed by atoms with E-state index in [-0.39, 0.29) is 19.0 Å². The molecule has 0 saturated carbocycles. The summed E-state index contributed by atoms with van der Waals surface area (Å²) >= 11 is 0. The van der Waals surface area contributed by atoms with Crippen LogP contribution in [-0.2, 0) is 11.3 Å². The van der Waals surface area contributed by atoms with Gasteiger partial charge in [0.2, 0.25) is 0 Å². The van der Waals surface area contributed by atoms with Crippen LogP contribution in [-0.4, -0.2) is 44.1 Å². The van der Waals surface area contributed by atoms with Crippen LogP contribution in [0.5, 0.6) is 0 Å². The van der Waals surface area contributed by atoms with Crippen LogP contribution in [0.2, 0.25) is 0 Å². The van der Waals surface area contributed by atoms with E-state index in [0.29, 0.717) is 6.54 Å². The summed E-state index contributed by atoms with van der Waals surface area (Å²) in [7, 11) is 0. The Morgan fingerprint density at radius 1 is 1.33 bits per heavy atom. The van der Waals surface area contributed by atoms with Crippen LogP contribution in [0.4, 0.5) is 0 Å². The van der Waals surface area contributed by atoms with Gasteiger partial charge in [-0.3, -0.25) is 9.69 Å². The number of benzene rings is 1. The minimum Gasteiger partial charge on any atom is -0.480 e. The summed E-state index contributed by atoms with van der Waals surface area (Å²) < 4.78 is 1.69. The fourth-order valence-electron chi connectivity index (χ4n) is 2.03. The predicted molar refractivity (Wildman–Crippen MR) is 81.8 cm³/mol. The second-order valence-electron chi connectivity index (χ2n) is 4.59. The van der Waals surface area contributed by atoms with Gasteiger partial charge in [0.25, 0.3) is 0 Å². The number of hydrogen-bond donors (Lipinski definition) is 1. The first kappa shape index (κ1) is 17.1. The van der Waals surface area contributed by atoms with Crippen molar-refractivity contribution in [2.45, 2.75) is 19.9 Å². The van der Waals surface area contributed by atoms with E-state index in [1.165, 1.54) is 0 Å². The van der Waals surface area contributed by atoms with E-state index >= 15 is 0 Å². The molecular formula is C14H19ClN4O2. The first-order valence-corrected chi connectivity index (χ1v) is 6.60. The van der Waals surface area contributed by atoms with Crippen LogP contribution in [0.25, 0.3) is 5.69 Å². The van der Waals surface area contributed by atoms with E-state index in [0.717, 1.165) is 24.3 Å². The number of carboxylic acid groups (broad SMARTS) is 1. The van der Waals surface area contributed by atoms with Crippen molar-refractivity contribution < 1.29 is 9.90 Å². The molecule has 0 bridgehead atoms. The topological polar surface area (TPSA) is 71.2 Å². The molecule has 0 saturated heterocycles. The molecule has 0 aliphatic heterocycles. The summed E-state index contributed by atoms with van der Waals surface area (Å²) in [4.78, 5) is 12.7. The Bertz CT molecular complexity index is 559. The number of aliphatic carboxylic acids is 1. The quantitative estimate of drug-likeness (QED) is 0.846. The van der Waals surface area contributed by atoms with Gasteiger partial charge in [0, 0.05) is 6.54 Å². The smallest absolute Gasteiger partial charge is 0.317 e. The number of halogens is 1. The van der Waals surface area contributed by atoms with Crippen molar-refractivity contribution in [1.29, 1.82) is 0 Å². The fourth-order valence-corrected chi connectivity index (χ4v) is 2.03. The van der Waals surface area contributed by atoms with Crippen molar-refractivity contribution in [1.82, 2.24) is 19.9 Å². The molecule has 0 aliphatic rings. The molecule has 1 aromatic heterocycles. The summed E-state index contributed by atoms with van der Waals surface area (Å²) in [6.45, 7) is 3.26. The third kappa shape index (κ3) is 5.17. The maximum absolute atomic E-state index is 10.8. The second-order valence-corrected chi connectivity index (χ2v) is 4.59. The van der Waals surface area contributed by atoms with Gasteiger partial charge >= 0.3 is 5.97 Å². The zero-order valence-electron chi connectivity index (χ0n) is 11.8. The number of carboxylic acids is 1. The van der Waals surface area contributed by atoms with Crippen LogP contribution in [0.15, 0.2) is 36.5 Å². The second kappa shape index (κ2) is 8.39. The van der Waals surface area contributed by atoms with E-state index in [1.807, 2.05) is 48.4 Å². The van der Waals surface area contributed by atoms with E-state index in [9.17, 15) is 4.79 Å². The lowest BCUT2D eigenvalue weighted by molar-refractivity contribution is -0.138. The Labute approximate surface area is 129 Å². The Kier molecular flexibility index (Phi) is 6.84. The van der Waals surface area contributed by atoms with Gasteiger partial charge in [-0.05, 0) is 25.1 Å². The van der Waals surface area contributed by atoms with Crippen LogP contribution in [0.1, 0.15) is 19.0 Å². The third-order valence-corrected chi connectivity index (χ3v) is 2.85. The first-order valence-electron chi connectivity index (χ1n) is 6.60. The number of rotatable bonds is 7. The predicted octanol–water partition coefficient (Wildman–Crippen LogP) is 1.99. The zero-order valence-corrected chi connectivity index (χ0v) is 12.7. The van der Waals surface area contributed by atoms with Crippen LogP contribution >= 0.6 is 12.4 Å². The van der Waals surface area contributed by atoms with E-state index in [4.69, 9.17) is 5.11 Å². The molecule has 0 amide bonds. The van der Waals surface area contributed by atoms with Gasteiger partial charge in [-0.1, -0.05) is 30.3 Å². The van der Waals surface area contributed by atoms with Gasteiger partial charge in [-0.15, -0.1) is 17.5 Å². The Morgan fingerprint density at radius 2 is 2.05 bits per heavy atom. The largest absolute Gasteiger partial charge is 0.480 e. The minimum atomic E-state index is -0.825. The van der Waals surface area contributed by atoms with E-state index in [2.05, 4.69) is 10.3 Å². The average molecular weight is 311 g/mol. The highest BCUT2D eigenvalue weighted by atomic mass is 35.5. The number of para-hydroxylation sites is 1. The molecule has 0 radical (unpaired) electrons. The lowest BCUT2D eigenvalue weighted by Crippen LogP contribution is -2.30. The van der Waals surface area contributed by atoms with Gasteiger partial charge in [-0.25, -0.2) is 4.68 Å². The van der Waals surface area contributed by atoms with Crippen molar-refractivity contribution in [3.05, 3.63) is 42.2 Å². The molecule has 2 rings (SSSR count). The minimum absolute atomic E-state index is 0. The molecule has 1 aromatic carbocycles. The Hall–Kier alpha value is -1.92. The molecule has 0 unspecified atom stereocenters. The molecule has 0 spiro atoms. The average Bonchev–Trinajstić information content (AvgIpc) is 2.88. The molecule has 0 aliphatic carbocycles.